The van der Waals surface area contributed by atoms with E-state index in [0.717, 1.165) is 6.07 Å². The van der Waals surface area contributed by atoms with Crippen molar-refractivity contribution in [1.29, 1.82) is 0 Å². The molecule has 1 aliphatic heterocycles. The van der Waals surface area contributed by atoms with Gasteiger partial charge in [0.2, 0.25) is 0 Å². The molecule has 1 aromatic heterocycles. The van der Waals surface area contributed by atoms with E-state index in [1.54, 1.807) is 0 Å². The smallest absolute Gasteiger partial charge is 0.321 e. The molecule has 8 heteroatoms. The van der Waals surface area contributed by atoms with Gasteiger partial charge in [-0.25, -0.2) is 0 Å². The van der Waals surface area contributed by atoms with Crippen molar-refractivity contribution >= 4 is 0 Å². The highest BCUT2D eigenvalue weighted by Crippen LogP contribution is 2.30. The molecule has 1 saturated heterocycles. The number of alkyl halides is 5. The topological polar surface area (TPSA) is 34.1 Å². The number of nitrogens with one attached hydrogen (secondary N) is 1. The Morgan fingerprint density at radius 2 is 2.05 bits per heavy atom. The summed E-state index contributed by atoms with van der Waals surface area (Å²) in [6.45, 7) is -2.36. The number of halogens is 5. The monoisotopic (exact) mass is 310 g/mol. The van der Waals surface area contributed by atoms with Gasteiger partial charge in [-0.3, -0.25) is 4.98 Å². The van der Waals surface area contributed by atoms with Crippen LogP contribution in [0.15, 0.2) is 18.3 Å². The fourth-order valence-electron chi connectivity index (χ4n) is 2.35. The first-order chi connectivity index (χ1) is 9.86. The molecule has 2 atom stereocenters. The van der Waals surface area contributed by atoms with Gasteiger partial charge in [0.15, 0.2) is 0 Å². The molecular weight excluding hydrogens is 295 g/mol. The maximum atomic E-state index is 12.4. The first-order valence-electron chi connectivity index (χ1n) is 6.52. The minimum Gasteiger partial charge on any atom is -0.321 e. The first kappa shape index (κ1) is 16.1. The maximum Gasteiger partial charge on any atom is 0.433 e. The number of hydrogen-bond acceptors (Lipinski definition) is 3. The van der Waals surface area contributed by atoms with Crippen molar-refractivity contribution in [2.24, 2.45) is 0 Å². The van der Waals surface area contributed by atoms with Crippen molar-refractivity contribution in [1.82, 2.24) is 10.3 Å². The third-order valence-corrected chi connectivity index (χ3v) is 3.49. The van der Waals surface area contributed by atoms with Crippen molar-refractivity contribution in [3.8, 4) is 0 Å². The second-order valence-corrected chi connectivity index (χ2v) is 4.95. The van der Waals surface area contributed by atoms with Crippen LogP contribution in [-0.2, 0) is 10.9 Å². The van der Waals surface area contributed by atoms with Crippen LogP contribution < -0.4 is 5.32 Å². The molecular formula is C13H15F5N2O. The average molecular weight is 310 g/mol. The molecule has 0 amide bonds. The summed E-state index contributed by atoms with van der Waals surface area (Å²) in [6.07, 6.45) is -1.90. The zero-order chi connectivity index (χ0) is 15.5. The molecule has 2 rings (SSSR count). The predicted molar refractivity (Wildman–Crippen MR) is 65.0 cm³/mol. The number of aromatic nitrogens is 1. The van der Waals surface area contributed by atoms with Gasteiger partial charge in [0.25, 0.3) is 0 Å². The fraction of sp³-hybridized carbons (Fsp3) is 0.615. The summed E-state index contributed by atoms with van der Waals surface area (Å²) in [6, 6.07) is 2.22. The van der Waals surface area contributed by atoms with E-state index in [9.17, 15) is 22.0 Å². The third kappa shape index (κ3) is 4.60. The van der Waals surface area contributed by atoms with E-state index in [-0.39, 0.29) is 18.6 Å². The summed E-state index contributed by atoms with van der Waals surface area (Å²) in [4.78, 5) is 3.43. The lowest BCUT2D eigenvalue weighted by atomic mass is 9.90. The third-order valence-electron chi connectivity index (χ3n) is 3.49. The van der Waals surface area contributed by atoms with Crippen LogP contribution in [0.4, 0.5) is 22.0 Å². The van der Waals surface area contributed by atoms with Gasteiger partial charge in [-0.15, -0.1) is 0 Å². The van der Waals surface area contributed by atoms with Gasteiger partial charge in [-0.05, 0) is 30.4 Å². The van der Waals surface area contributed by atoms with Gasteiger partial charge >= 0.3 is 12.8 Å². The van der Waals surface area contributed by atoms with Crippen LogP contribution >= 0.6 is 0 Å². The molecule has 1 N–H and O–H groups in total. The van der Waals surface area contributed by atoms with Crippen molar-refractivity contribution in [2.75, 3.05) is 13.2 Å². The zero-order valence-electron chi connectivity index (χ0n) is 11.0. The van der Waals surface area contributed by atoms with Gasteiger partial charge in [0.05, 0.1) is 6.61 Å². The standard InChI is InChI=1S/C13H15F5N2O/c14-12(15)21-7-10-3-1-8(5-19-10)9-2-4-11(20-6-9)13(16,17)18/h2,4,6,8,10,12,19H,1,3,5,7H2. The lowest BCUT2D eigenvalue weighted by molar-refractivity contribution is -0.141. The van der Waals surface area contributed by atoms with Crippen molar-refractivity contribution in [3.05, 3.63) is 29.6 Å². The highest BCUT2D eigenvalue weighted by atomic mass is 19.4. The molecule has 0 spiro atoms. The second kappa shape index (κ2) is 6.65. The van der Waals surface area contributed by atoms with Crippen LogP contribution in [0.2, 0.25) is 0 Å². The Bertz CT molecular complexity index is 441. The lowest BCUT2D eigenvalue weighted by Gasteiger charge is -2.29. The average Bonchev–Trinajstić information content (AvgIpc) is 2.45. The Kier molecular flexibility index (Phi) is 5.10. The summed E-state index contributed by atoms with van der Waals surface area (Å²) in [5, 5.41) is 3.06. The van der Waals surface area contributed by atoms with Crippen molar-refractivity contribution in [2.45, 2.75) is 37.6 Å². The number of rotatable bonds is 4. The Hall–Kier alpha value is -1.28. The van der Waals surface area contributed by atoms with Gasteiger partial charge in [0, 0.05) is 18.8 Å². The van der Waals surface area contributed by atoms with E-state index in [0.29, 0.717) is 24.9 Å². The molecule has 0 saturated carbocycles. The van der Waals surface area contributed by atoms with E-state index in [1.165, 1.54) is 12.3 Å². The van der Waals surface area contributed by atoms with E-state index in [4.69, 9.17) is 0 Å². The van der Waals surface area contributed by atoms with E-state index in [2.05, 4.69) is 15.0 Å². The molecule has 0 radical (unpaired) electrons. The van der Waals surface area contributed by atoms with Crippen molar-refractivity contribution in [3.63, 3.8) is 0 Å². The maximum absolute atomic E-state index is 12.4. The second-order valence-electron chi connectivity index (χ2n) is 4.95. The quantitative estimate of drug-likeness (QED) is 0.867. The largest absolute Gasteiger partial charge is 0.433 e. The highest BCUT2D eigenvalue weighted by Gasteiger charge is 2.32. The first-order valence-corrected chi connectivity index (χ1v) is 6.52. The number of nitrogens with zero attached hydrogens (tertiary/aromatic N) is 1. The number of hydrogen-bond donors (Lipinski definition) is 1. The molecule has 0 aliphatic carbocycles. The van der Waals surface area contributed by atoms with Gasteiger partial charge in [-0.2, -0.15) is 22.0 Å². The molecule has 0 aromatic carbocycles. The Morgan fingerprint density at radius 1 is 1.29 bits per heavy atom. The van der Waals surface area contributed by atoms with Gasteiger partial charge in [0.1, 0.15) is 5.69 Å². The summed E-state index contributed by atoms with van der Waals surface area (Å²) < 4.78 is 65.3. The summed E-state index contributed by atoms with van der Waals surface area (Å²) in [7, 11) is 0. The number of piperidine rings is 1. The van der Waals surface area contributed by atoms with Crippen LogP contribution in [-0.4, -0.2) is 30.8 Å². The van der Waals surface area contributed by atoms with Crippen LogP contribution in [0.5, 0.6) is 0 Å². The summed E-state index contributed by atoms with van der Waals surface area (Å²) in [5.41, 5.74) is -0.207. The molecule has 21 heavy (non-hydrogen) atoms. The molecule has 1 aliphatic rings. The molecule has 1 fully saturated rings. The van der Waals surface area contributed by atoms with Crippen LogP contribution in [0.25, 0.3) is 0 Å². The SMILES string of the molecule is FC(F)OCC1CCC(c2ccc(C(F)(F)F)nc2)CN1. The molecule has 2 heterocycles. The number of ether oxygens (including phenoxy) is 1. The minimum atomic E-state index is -4.44. The molecule has 1 aromatic rings. The summed E-state index contributed by atoms with van der Waals surface area (Å²) in [5.74, 6) is 0.0302. The van der Waals surface area contributed by atoms with Gasteiger partial charge < -0.3 is 10.1 Å². The van der Waals surface area contributed by atoms with Crippen LogP contribution in [0, 0.1) is 0 Å². The fourth-order valence-corrected chi connectivity index (χ4v) is 2.35. The zero-order valence-corrected chi connectivity index (χ0v) is 11.0. The Labute approximate surface area is 118 Å². The molecule has 2 unspecified atom stereocenters. The van der Waals surface area contributed by atoms with Crippen LogP contribution in [0.3, 0.4) is 0 Å². The molecule has 3 nitrogen and oxygen atoms in total. The lowest BCUT2D eigenvalue weighted by Crippen LogP contribution is -2.41. The van der Waals surface area contributed by atoms with E-state index in [1.807, 2.05) is 0 Å². The summed E-state index contributed by atoms with van der Waals surface area (Å²) >= 11 is 0. The Balaban J connectivity index is 1.87. The highest BCUT2D eigenvalue weighted by molar-refractivity contribution is 5.20. The molecule has 0 bridgehead atoms. The Morgan fingerprint density at radius 3 is 2.52 bits per heavy atom. The minimum absolute atomic E-state index is 0.0302. The number of pyridine rings is 1. The van der Waals surface area contributed by atoms with E-state index >= 15 is 0 Å². The normalized spacial score (nSPS) is 23.5. The predicted octanol–water partition coefficient (Wildman–Crippen LogP) is 3.18. The molecule has 118 valence electrons. The van der Waals surface area contributed by atoms with E-state index < -0.39 is 18.5 Å². The van der Waals surface area contributed by atoms with Crippen LogP contribution in [0.1, 0.15) is 30.0 Å². The van der Waals surface area contributed by atoms with Gasteiger partial charge in [-0.1, -0.05) is 6.07 Å². The van der Waals surface area contributed by atoms with Crippen molar-refractivity contribution < 1.29 is 26.7 Å².